The fraction of sp³-hybridized carbons (Fsp3) is 0.273. The van der Waals surface area contributed by atoms with Crippen LogP contribution in [-0.2, 0) is 20.7 Å². The zero-order valence-electron chi connectivity index (χ0n) is 8.66. The van der Waals surface area contributed by atoms with Gasteiger partial charge in [0.05, 0.1) is 6.61 Å². The maximum Gasteiger partial charge on any atom is 0.461 e. The van der Waals surface area contributed by atoms with Crippen molar-refractivity contribution < 1.29 is 27.5 Å². The molecule has 0 atom stereocenters. The van der Waals surface area contributed by atoms with Gasteiger partial charge in [-0.05, 0) is 5.56 Å². The number of esters is 1. The number of rotatable bonds is 4. The maximum atomic E-state index is 11.8. The lowest BCUT2D eigenvalue weighted by Crippen LogP contribution is -2.32. The third-order valence-electron chi connectivity index (χ3n) is 1.91. The van der Waals surface area contributed by atoms with Gasteiger partial charge in [-0.3, -0.25) is 4.79 Å². The van der Waals surface area contributed by atoms with E-state index in [1.165, 1.54) is 0 Å². The molecule has 3 nitrogen and oxygen atoms in total. The van der Waals surface area contributed by atoms with Gasteiger partial charge in [0, 0.05) is 6.42 Å². The molecule has 0 aliphatic rings. The summed E-state index contributed by atoms with van der Waals surface area (Å²) in [6, 6.07) is 8.75. The molecule has 0 aliphatic heterocycles. The molecule has 0 amide bonds. The average molecular weight is 246 g/mol. The minimum Gasteiger partial charge on any atom is -0.459 e. The lowest BCUT2D eigenvalue weighted by Gasteiger charge is -2.05. The topological polar surface area (TPSA) is 43.4 Å². The maximum absolute atomic E-state index is 11.8. The summed E-state index contributed by atoms with van der Waals surface area (Å²) in [5.74, 6) is -4.35. The predicted molar refractivity (Wildman–Crippen MR) is 52.2 cm³/mol. The van der Waals surface area contributed by atoms with Gasteiger partial charge in [0.2, 0.25) is 0 Å². The zero-order chi connectivity index (χ0) is 12.9. The molecule has 0 heterocycles. The summed E-state index contributed by atoms with van der Waals surface area (Å²) in [6.07, 6.45) is -4.92. The molecule has 0 bridgehead atoms. The van der Waals surface area contributed by atoms with Crippen molar-refractivity contribution in [3.05, 3.63) is 35.9 Å². The fourth-order valence-electron chi connectivity index (χ4n) is 1.09. The molecule has 0 fully saturated rings. The van der Waals surface area contributed by atoms with Crippen LogP contribution < -0.4 is 0 Å². The fourth-order valence-corrected chi connectivity index (χ4v) is 1.09. The highest BCUT2D eigenvalue weighted by Gasteiger charge is 2.44. The second-order valence-electron chi connectivity index (χ2n) is 3.20. The largest absolute Gasteiger partial charge is 0.461 e. The van der Waals surface area contributed by atoms with E-state index in [1.807, 2.05) is 0 Å². The summed E-state index contributed by atoms with van der Waals surface area (Å²) >= 11 is 0. The quantitative estimate of drug-likeness (QED) is 0.602. The Morgan fingerprint density at radius 1 is 1.12 bits per heavy atom. The van der Waals surface area contributed by atoms with Gasteiger partial charge in [-0.25, -0.2) is 4.79 Å². The Morgan fingerprint density at radius 3 is 2.24 bits per heavy atom. The van der Waals surface area contributed by atoms with Crippen molar-refractivity contribution in [2.24, 2.45) is 0 Å². The highest BCUT2D eigenvalue weighted by atomic mass is 19.4. The Kier molecular flexibility index (Phi) is 4.25. The van der Waals surface area contributed by atoms with Gasteiger partial charge in [0.1, 0.15) is 0 Å². The van der Waals surface area contributed by atoms with Crippen LogP contribution in [0.1, 0.15) is 5.56 Å². The van der Waals surface area contributed by atoms with E-state index in [4.69, 9.17) is 0 Å². The van der Waals surface area contributed by atoms with E-state index in [9.17, 15) is 22.8 Å². The Morgan fingerprint density at radius 2 is 1.71 bits per heavy atom. The third kappa shape index (κ3) is 4.26. The smallest absolute Gasteiger partial charge is 0.459 e. The third-order valence-corrected chi connectivity index (χ3v) is 1.91. The summed E-state index contributed by atoms with van der Waals surface area (Å²) < 4.78 is 39.6. The summed E-state index contributed by atoms with van der Waals surface area (Å²) in [6.45, 7) is -0.259. The van der Waals surface area contributed by atoms with Crippen LogP contribution in [0.2, 0.25) is 0 Å². The van der Waals surface area contributed by atoms with Crippen molar-refractivity contribution in [1.29, 1.82) is 0 Å². The lowest BCUT2D eigenvalue weighted by atomic mass is 10.2. The monoisotopic (exact) mass is 246 g/mol. The number of benzene rings is 1. The molecule has 0 N–H and O–H groups in total. The van der Waals surface area contributed by atoms with E-state index in [0.29, 0.717) is 0 Å². The zero-order valence-corrected chi connectivity index (χ0v) is 8.66. The van der Waals surface area contributed by atoms with Gasteiger partial charge in [0.15, 0.2) is 0 Å². The van der Waals surface area contributed by atoms with E-state index in [2.05, 4.69) is 4.74 Å². The van der Waals surface area contributed by atoms with E-state index in [1.54, 1.807) is 30.3 Å². The van der Waals surface area contributed by atoms with Gasteiger partial charge >= 0.3 is 17.9 Å². The number of halogens is 3. The Labute approximate surface area is 95.2 Å². The molecule has 0 aromatic heterocycles. The first-order valence-corrected chi connectivity index (χ1v) is 4.73. The molecular formula is C11H9F3O3. The highest BCUT2D eigenvalue weighted by Crippen LogP contribution is 2.16. The molecule has 1 aromatic rings. The van der Waals surface area contributed by atoms with E-state index >= 15 is 0 Å². The summed E-state index contributed by atoms with van der Waals surface area (Å²) in [5, 5.41) is 0. The standard InChI is InChI=1S/C11H9F3O3/c12-11(13,14)9(15)10(16)17-7-6-8-4-2-1-3-5-8/h1-5H,6-7H2. The minimum absolute atomic E-state index is 0.259. The van der Waals surface area contributed by atoms with Crippen LogP contribution in [0, 0.1) is 0 Å². The molecule has 1 rings (SSSR count). The molecule has 0 saturated heterocycles. The van der Waals surface area contributed by atoms with Gasteiger partial charge in [-0.15, -0.1) is 0 Å². The number of hydrogen-bond donors (Lipinski definition) is 0. The molecule has 17 heavy (non-hydrogen) atoms. The van der Waals surface area contributed by atoms with E-state index < -0.39 is 17.9 Å². The second-order valence-corrected chi connectivity index (χ2v) is 3.20. The number of hydrogen-bond acceptors (Lipinski definition) is 3. The minimum atomic E-state index is -5.18. The van der Waals surface area contributed by atoms with Crippen molar-refractivity contribution in [3.8, 4) is 0 Å². The van der Waals surface area contributed by atoms with Crippen LogP contribution in [0.4, 0.5) is 13.2 Å². The van der Waals surface area contributed by atoms with Crippen molar-refractivity contribution in [1.82, 2.24) is 0 Å². The molecule has 0 aliphatic carbocycles. The van der Waals surface area contributed by atoms with Crippen LogP contribution in [0.5, 0.6) is 0 Å². The second kappa shape index (κ2) is 5.47. The van der Waals surface area contributed by atoms with Gasteiger partial charge in [-0.2, -0.15) is 13.2 Å². The first kappa shape index (κ1) is 13.2. The number of ketones is 1. The molecule has 0 spiro atoms. The van der Waals surface area contributed by atoms with E-state index in [0.717, 1.165) is 5.56 Å². The molecule has 1 aromatic carbocycles. The number of carbonyl (C=O) groups excluding carboxylic acids is 2. The first-order valence-electron chi connectivity index (χ1n) is 4.73. The predicted octanol–water partition coefficient (Wildman–Crippen LogP) is 1.90. The number of ether oxygens (including phenoxy) is 1. The SMILES string of the molecule is O=C(OCCc1ccccc1)C(=O)C(F)(F)F. The molecule has 0 radical (unpaired) electrons. The average Bonchev–Trinajstić information content (AvgIpc) is 2.28. The summed E-state index contributed by atoms with van der Waals surface area (Å²) in [7, 11) is 0. The molecule has 0 saturated carbocycles. The Balaban J connectivity index is 2.38. The number of carbonyl (C=O) groups is 2. The number of Topliss-reactive ketones (excluding diaryl/α,β-unsaturated/α-hetero) is 1. The van der Waals surface area contributed by atoms with Crippen LogP contribution >= 0.6 is 0 Å². The van der Waals surface area contributed by atoms with Gasteiger partial charge < -0.3 is 4.74 Å². The van der Waals surface area contributed by atoms with Crippen molar-refractivity contribution >= 4 is 11.8 Å². The van der Waals surface area contributed by atoms with Gasteiger partial charge in [0.25, 0.3) is 0 Å². The summed E-state index contributed by atoms with van der Waals surface area (Å²) in [4.78, 5) is 21.1. The molecule has 6 heteroatoms. The number of alkyl halides is 3. The van der Waals surface area contributed by atoms with Crippen LogP contribution in [0.3, 0.4) is 0 Å². The van der Waals surface area contributed by atoms with Crippen LogP contribution in [0.15, 0.2) is 30.3 Å². The molecule has 92 valence electrons. The van der Waals surface area contributed by atoms with Crippen LogP contribution in [-0.4, -0.2) is 24.5 Å². The summed E-state index contributed by atoms with van der Waals surface area (Å²) in [5.41, 5.74) is 0.805. The van der Waals surface area contributed by atoms with Crippen molar-refractivity contribution in [2.45, 2.75) is 12.6 Å². The van der Waals surface area contributed by atoms with Crippen molar-refractivity contribution in [2.75, 3.05) is 6.61 Å². The Hall–Kier alpha value is -1.85. The molecule has 0 unspecified atom stereocenters. The normalized spacial score (nSPS) is 11.0. The van der Waals surface area contributed by atoms with Gasteiger partial charge in [-0.1, -0.05) is 30.3 Å². The lowest BCUT2D eigenvalue weighted by molar-refractivity contribution is -0.183. The molecular weight excluding hydrogens is 237 g/mol. The first-order chi connectivity index (χ1) is 7.91. The van der Waals surface area contributed by atoms with Crippen LogP contribution in [0.25, 0.3) is 0 Å². The van der Waals surface area contributed by atoms with E-state index in [-0.39, 0.29) is 13.0 Å². The highest BCUT2D eigenvalue weighted by molar-refractivity contribution is 6.35. The van der Waals surface area contributed by atoms with Crippen molar-refractivity contribution in [3.63, 3.8) is 0 Å². The Bertz CT molecular complexity index is 398.